The molecule has 0 spiro atoms. The van der Waals surface area contributed by atoms with Crippen LogP contribution in [-0.4, -0.2) is 22.5 Å². The Labute approximate surface area is 125 Å². The molecule has 1 aromatic heterocycles. The minimum atomic E-state index is -0.220. The van der Waals surface area contributed by atoms with Crippen molar-refractivity contribution in [1.82, 2.24) is 4.98 Å². The summed E-state index contributed by atoms with van der Waals surface area (Å²) in [5.41, 5.74) is 5.97. The Hall–Kier alpha value is -1.99. The van der Waals surface area contributed by atoms with E-state index in [1.807, 2.05) is 6.92 Å². The van der Waals surface area contributed by atoms with Crippen molar-refractivity contribution in [2.45, 2.75) is 6.92 Å². The Morgan fingerprint density at radius 2 is 2.25 bits per heavy atom. The van der Waals surface area contributed by atoms with Crippen molar-refractivity contribution in [3.8, 4) is 5.75 Å². The third-order valence-electron chi connectivity index (χ3n) is 2.35. The molecule has 104 valence electrons. The predicted molar refractivity (Wildman–Crippen MR) is 83.5 cm³/mol. The van der Waals surface area contributed by atoms with Gasteiger partial charge in [0.25, 0.3) is 5.91 Å². The number of nitrogens with two attached hydrogens (primary N) is 1. The third-order valence-corrected chi connectivity index (χ3v) is 3.38. The fourth-order valence-corrected chi connectivity index (χ4v) is 2.23. The van der Waals surface area contributed by atoms with Crippen LogP contribution < -0.4 is 15.8 Å². The molecule has 0 bridgehead atoms. The van der Waals surface area contributed by atoms with Gasteiger partial charge in [0.05, 0.1) is 16.9 Å². The summed E-state index contributed by atoms with van der Waals surface area (Å²) in [4.78, 5) is 16.9. The van der Waals surface area contributed by atoms with Gasteiger partial charge in [-0.2, -0.15) is 0 Å². The summed E-state index contributed by atoms with van der Waals surface area (Å²) in [6.45, 7) is 1.97. The van der Waals surface area contributed by atoms with Crippen LogP contribution in [0.1, 0.15) is 14.7 Å². The first-order chi connectivity index (χ1) is 9.56. The summed E-state index contributed by atoms with van der Waals surface area (Å²) >= 11 is 6.10. The molecule has 0 saturated heterocycles. The fourth-order valence-electron chi connectivity index (χ4n) is 1.49. The average molecular weight is 307 g/mol. The highest BCUT2D eigenvalue weighted by atomic mass is 32.1. The molecule has 2 rings (SSSR count). The molecule has 0 fully saturated rings. The van der Waals surface area contributed by atoms with Crippen molar-refractivity contribution >= 4 is 40.1 Å². The number of ether oxygens (including phenoxy) is 1. The van der Waals surface area contributed by atoms with Gasteiger partial charge in [0.1, 0.15) is 22.2 Å². The van der Waals surface area contributed by atoms with Gasteiger partial charge in [0.2, 0.25) is 0 Å². The first-order valence-electron chi connectivity index (χ1n) is 5.80. The van der Waals surface area contributed by atoms with Crippen LogP contribution >= 0.6 is 23.6 Å². The molecule has 0 aliphatic rings. The van der Waals surface area contributed by atoms with Gasteiger partial charge in [-0.1, -0.05) is 24.4 Å². The zero-order valence-electron chi connectivity index (χ0n) is 10.8. The number of para-hydroxylation sites is 2. The second-order valence-electron chi connectivity index (χ2n) is 3.95. The van der Waals surface area contributed by atoms with Crippen molar-refractivity contribution in [3.63, 3.8) is 0 Å². The van der Waals surface area contributed by atoms with Crippen molar-refractivity contribution in [2.24, 2.45) is 5.73 Å². The number of benzene rings is 1. The number of rotatable bonds is 5. The third kappa shape index (κ3) is 3.75. The van der Waals surface area contributed by atoms with Gasteiger partial charge in [-0.05, 0) is 19.1 Å². The maximum atomic E-state index is 12.1. The minimum Gasteiger partial charge on any atom is -0.484 e. The standard InChI is InChI=1S/C13H13N3O2S2/c1-8-15-6-11(20-8)13(17)16-9-4-2-3-5-10(9)18-7-12(14)19/h2-6H,7H2,1H3,(H2,14,19)(H,16,17). The van der Waals surface area contributed by atoms with Crippen LogP contribution in [0.5, 0.6) is 5.75 Å². The lowest BCUT2D eigenvalue weighted by Gasteiger charge is -2.11. The van der Waals surface area contributed by atoms with Gasteiger partial charge >= 0.3 is 0 Å². The van der Waals surface area contributed by atoms with E-state index in [1.54, 1.807) is 30.5 Å². The SMILES string of the molecule is Cc1ncc(C(=O)Nc2ccccc2OCC(N)=S)s1. The summed E-state index contributed by atoms with van der Waals surface area (Å²) in [5.74, 6) is 0.303. The molecule has 5 nitrogen and oxygen atoms in total. The Kier molecular flexibility index (Phi) is 4.65. The first-order valence-corrected chi connectivity index (χ1v) is 7.02. The van der Waals surface area contributed by atoms with Crippen LogP contribution in [-0.2, 0) is 0 Å². The molecule has 0 atom stereocenters. The molecule has 0 aliphatic heterocycles. The molecular weight excluding hydrogens is 294 g/mol. The zero-order chi connectivity index (χ0) is 14.5. The van der Waals surface area contributed by atoms with Gasteiger partial charge in [-0.3, -0.25) is 4.79 Å². The van der Waals surface area contributed by atoms with E-state index in [2.05, 4.69) is 10.3 Å². The highest BCUT2D eigenvalue weighted by Gasteiger charge is 2.12. The number of aromatic nitrogens is 1. The van der Waals surface area contributed by atoms with Crippen LogP contribution in [0.25, 0.3) is 0 Å². The molecule has 0 aliphatic carbocycles. The number of aryl methyl sites for hydroxylation is 1. The number of nitrogens with zero attached hydrogens (tertiary/aromatic N) is 1. The summed E-state index contributed by atoms with van der Waals surface area (Å²) in [7, 11) is 0. The zero-order valence-corrected chi connectivity index (χ0v) is 12.4. The van der Waals surface area contributed by atoms with Crippen molar-refractivity contribution in [1.29, 1.82) is 0 Å². The largest absolute Gasteiger partial charge is 0.484 e. The van der Waals surface area contributed by atoms with E-state index in [0.29, 0.717) is 16.3 Å². The molecule has 1 aromatic carbocycles. The molecule has 1 heterocycles. The lowest BCUT2D eigenvalue weighted by atomic mass is 10.3. The minimum absolute atomic E-state index is 0.127. The smallest absolute Gasteiger partial charge is 0.267 e. The first kappa shape index (κ1) is 14.4. The Morgan fingerprint density at radius 1 is 1.50 bits per heavy atom. The maximum absolute atomic E-state index is 12.1. The summed E-state index contributed by atoms with van der Waals surface area (Å²) in [5, 5.41) is 3.63. The molecule has 20 heavy (non-hydrogen) atoms. The number of carbonyl (C=O) groups is 1. The van der Waals surface area contributed by atoms with Gasteiger partial charge in [0.15, 0.2) is 0 Å². The predicted octanol–water partition coefficient (Wildman–Crippen LogP) is 2.37. The monoisotopic (exact) mass is 307 g/mol. The van der Waals surface area contributed by atoms with E-state index in [1.165, 1.54) is 11.3 Å². The normalized spacial score (nSPS) is 10.1. The quantitative estimate of drug-likeness (QED) is 0.829. The van der Waals surface area contributed by atoms with E-state index in [4.69, 9.17) is 22.7 Å². The van der Waals surface area contributed by atoms with Gasteiger partial charge in [-0.25, -0.2) is 4.98 Å². The second-order valence-corrected chi connectivity index (χ2v) is 5.71. The highest BCUT2D eigenvalue weighted by molar-refractivity contribution is 7.80. The van der Waals surface area contributed by atoms with Crippen LogP contribution in [0.4, 0.5) is 5.69 Å². The van der Waals surface area contributed by atoms with E-state index < -0.39 is 0 Å². The lowest BCUT2D eigenvalue weighted by molar-refractivity contribution is 0.103. The van der Waals surface area contributed by atoms with Crippen LogP contribution in [0, 0.1) is 6.92 Å². The van der Waals surface area contributed by atoms with E-state index in [9.17, 15) is 4.79 Å². The molecule has 0 radical (unpaired) electrons. The molecule has 0 unspecified atom stereocenters. The van der Waals surface area contributed by atoms with Crippen LogP contribution in [0.3, 0.4) is 0 Å². The second kappa shape index (κ2) is 6.44. The number of carbonyl (C=O) groups excluding carboxylic acids is 1. The van der Waals surface area contributed by atoms with Crippen LogP contribution in [0.15, 0.2) is 30.5 Å². The summed E-state index contributed by atoms with van der Waals surface area (Å²) in [6.07, 6.45) is 1.55. The Balaban J connectivity index is 2.12. The van der Waals surface area contributed by atoms with Crippen molar-refractivity contribution in [2.75, 3.05) is 11.9 Å². The molecule has 0 saturated carbocycles. The molecule has 3 N–H and O–H groups in total. The van der Waals surface area contributed by atoms with Gasteiger partial charge in [0, 0.05) is 0 Å². The van der Waals surface area contributed by atoms with E-state index in [-0.39, 0.29) is 17.5 Å². The number of hydrogen-bond acceptors (Lipinski definition) is 5. The Bertz CT molecular complexity index is 640. The van der Waals surface area contributed by atoms with Crippen molar-refractivity contribution in [3.05, 3.63) is 40.3 Å². The Morgan fingerprint density at radius 3 is 2.90 bits per heavy atom. The van der Waals surface area contributed by atoms with Gasteiger partial charge < -0.3 is 15.8 Å². The summed E-state index contributed by atoms with van der Waals surface area (Å²) < 4.78 is 5.45. The molecule has 2 aromatic rings. The topological polar surface area (TPSA) is 77.2 Å². The number of anilines is 1. The summed E-state index contributed by atoms with van der Waals surface area (Å²) in [6, 6.07) is 7.11. The maximum Gasteiger partial charge on any atom is 0.267 e. The number of thiocarbonyl (C=S) groups is 1. The number of amides is 1. The molecule has 7 heteroatoms. The van der Waals surface area contributed by atoms with E-state index in [0.717, 1.165) is 5.01 Å². The molecular formula is C13H13N3O2S2. The molecule has 1 amide bonds. The highest BCUT2D eigenvalue weighted by Crippen LogP contribution is 2.25. The number of nitrogens with one attached hydrogen (secondary N) is 1. The van der Waals surface area contributed by atoms with Gasteiger partial charge in [-0.15, -0.1) is 11.3 Å². The average Bonchev–Trinajstić information content (AvgIpc) is 2.84. The number of thiazole rings is 1. The lowest BCUT2D eigenvalue weighted by Crippen LogP contribution is -2.19. The number of hydrogen-bond donors (Lipinski definition) is 2. The van der Waals surface area contributed by atoms with Crippen molar-refractivity contribution < 1.29 is 9.53 Å². The fraction of sp³-hybridized carbons (Fsp3) is 0.154. The van der Waals surface area contributed by atoms with E-state index >= 15 is 0 Å². The van der Waals surface area contributed by atoms with Crippen LogP contribution in [0.2, 0.25) is 0 Å².